The summed E-state index contributed by atoms with van der Waals surface area (Å²) in [7, 11) is 0. The van der Waals surface area contributed by atoms with Crippen LogP contribution in [0.25, 0.3) is 0 Å². The summed E-state index contributed by atoms with van der Waals surface area (Å²) in [5.41, 5.74) is 1.04. The van der Waals surface area contributed by atoms with Gasteiger partial charge in [0.2, 0.25) is 0 Å². The van der Waals surface area contributed by atoms with Gasteiger partial charge in [0.25, 0.3) is 0 Å². The van der Waals surface area contributed by atoms with Crippen LogP contribution < -0.4 is 0 Å². The molecule has 0 radical (unpaired) electrons. The Balaban J connectivity index is 2.72. The van der Waals surface area contributed by atoms with Crippen molar-refractivity contribution < 1.29 is 5.11 Å². The lowest BCUT2D eigenvalue weighted by Crippen LogP contribution is -2.06. The Labute approximate surface area is 120 Å². The Morgan fingerprint density at radius 3 is 2.75 bits per heavy atom. The first kappa shape index (κ1) is 14.5. The lowest BCUT2D eigenvalue weighted by Gasteiger charge is -2.17. The second-order valence-electron chi connectivity index (χ2n) is 4.31. The molecule has 0 saturated heterocycles. The van der Waals surface area contributed by atoms with Crippen molar-refractivity contribution in [2.75, 3.05) is 0 Å². The van der Waals surface area contributed by atoms with Crippen LogP contribution >= 0.6 is 38.5 Å². The SMILES string of the molecule is CCCC(C)CC(O)c1cc(Br)ccc1I. The van der Waals surface area contributed by atoms with Gasteiger partial charge in [0, 0.05) is 8.04 Å². The Kier molecular flexibility index (Phi) is 6.29. The summed E-state index contributed by atoms with van der Waals surface area (Å²) in [5.74, 6) is 0.579. The van der Waals surface area contributed by atoms with E-state index in [1.165, 1.54) is 12.8 Å². The Bertz CT molecular complexity index is 341. The molecule has 2 atom stereocenters. The fraction of sp³-hybridized carbons (Fsp3) is 0.538. The molecule has 0 aliphatic heterocycles. The molecule has 0 aliphatic carbocycles. The fourth-order valence-electron chi connectivity index (χ4n) is 1.89. The third-order valence-electron chi connectivity index (χ3n) is 2.72. The van der Waals surface area contributed by atoms with Crippen LogP contribution in [0.3, 0.4) is 0 Å². The van der Waals surface area contributed by atoms with E-state index in [9.17, 15) is 5.11 Å². The summed E-state index contributed by atoms with van der Waals surface area (Å²) in [4.78, 5) is 0. The predicted octanol–water partition coefficient (Wildman–Crippen LogP) is 4.91. The second-order valence-corrected chi connectivity index (χ2v) is 6.39. The third kappa shape index (κ3) is 4.34. The molecule has 0 saturated carbocycles. The zero-order chi connectivity index (χ0) is 12.1. The van der Waals surface area contributed by atoms with Gasteiger partial charge in [0.1, 0.15) is 0 Å². The summed E-state index contributed by atoms with van der Waals surface area (Å²) in [6.07, 6.45) is 2.87. The van der Waals surface area contributed by atoms with E-state index < -0.39 is 0 Å². The van der Waals surface area contributed by atoms with Crippen molar-refractivity contribution in [2.24, 2.45) is 5.92 Å². The van der Waals surface area contributed by atoms with Gasteiger partial charge in [-0.05, 0) is 58.7 Å². The van der Waals surface area contributed by atoms with Gasteiger partial charge in [-0.15, -0.1) is 0 Å². The number of hydrogen-bond donors (Lipinski definition) is 1. The topological polar surface area (TPSA) is 20.2 Å². The van der Waals surface area contributed by atoms with E-state index in [-0.39, 0.29) is 6.10 Å². The Hall–Kier alpha value is 0.390. The van der Waals surface area contributed by atoms with Gasteiger partial charge in [-0.2, -0.15) is 0 Å². The highest BCUT2D eigenvalue weighted by Gasteiger charge is 2.14. The zero-order valence-corrected chi connectivity index (χ0v) is 13.5. The van der Waals surface area contributed by atoms with Crippen LogP contribution in [-0.2, 0) is 0 Å². The number of aliphatic hydroxyl groups is 1. The van der Waals surface area contributed by atoms with Crippen molar-refractivity contribution in [3.05, 3.63) is 31.8 Å². The van der Waals surface area contributed by atoms with Gasteiger partial charge in [-0.25, -0.2) is 0 Å². The molecule has 1 rings (SSSR count). The highest BCUT2D eigenvalue weighted by molar-refractivity contribution is 14.1. The maximum absolute atomic E-state index is 10.2. The lowest BCUT2D eigenvalue weighted by atomic mass is 9.95. The van der Waals surface area contributed by atoms with Crippen LogP contribution in [0.4, 0.5) is 0 Å². The van der Waals surface area contributed by atoms with Gasteiger partial charge in [0.15, 0.2) is 0 Å². The van der Waals surface area contributed by atoms with Gasteiger partial charge in [-0.1, -0.05) is 42.6 Å². The number of rotatable bonds is 5. The smallest absolute Gasteiger partial charge is 0.0803 e. The van der Waals surface area contributed by atoms with Crippen LogP contribution in [0.1, 0.15) is 44.8 Å². The largest absolute Gasteiger partial charge is 0.388 e. The minimum Gasteiger partial charge on any atom is -0.388 e. The Morgan fingerprint density at radius 2 is 2.12 bits per heavy atom. The quantitative estimate of drug-likeness (QED) is 0.700. The molecule has 16 heavy (non-hydrogen) atoms. The maximum Gasteiger partial charge on any atom is 0.0803 e. The molecule has 1 aromatic carbocycles. The molecule has 2 unspecified atom stereocenters. The average molecular weight is 397 g/mol. The number of halogens is 2. The summed E-state index contributed by atoms with van der Waals surface area (Å²) < 4.78 is 2.17. The molecule has 0 fully saturated rings. The highest BCUT2D eigenvalue weighted by atomic mass is 127. The molecule has 0 amide bonds. The normalized spacial score (nSPS) is 14.8. The summed E-state index contributed by atoms with van der Waals surface area (Å²) in [6.45, 7) is 4.39. The summed E-state index contributed by atoms with van der Waals surface area (Å²) in [6, 6.07) is 6.06. The molecule has 0 bridgehead atoms. The van der Waals surface area contributed by atoms with Crippen LogP contribution in [0, 0.1) is 9.49 Å². The van der Waals surface area contributed by atoms with E-state index in [0.717, 1.165) is 20.0 Å². The first-order valence-corrected chi connectivity index (χ1v) is 7.54. The highest BCUT2D eigenvalue weighted by Crippen LogP contribution is 2.29. The van der Waals surface area contributed by atoms with Gasteiger partial charge in [0.05, 0.1) is 6.10 Å². The van der Waals surface area contributed by atoms with Gasteiger partial charge in [-0.3, -0.25) is 0 Å². The molecule has 90 valence electrons. The van der Waals surface area contributed by atoms with Crippen molar-refractivity contribution in [2.45, 2.75) is 39.2 Å². The van der Waals surface area contributed by atoms with E-state index >= 15 is 0 Å². The molecule has 1 nitrogen and oxygen atoms in total. The molecule has 0 aliphatic rings. The number of aliphatic hydroxyl groups excluding tert-OH is 1. The summed E-state index contributed by atoms with van der Waals surface area (Å²) >= 11 is 5.73. The molecule has 1 N–H and O–H groups in total. The molecule has 3 heteroatoms. The molecule has 0 spiro atoms. The van der Waals surface area contributed by atoms with Crippen molar-refractivity contribution in [3.63, 3.8) is 0 Å². The first-order valence-electron chi connectivity index (χ1n) is 5.67. The fourth-order valence-corrected chi connectivity index (χ4v) is 2.96. The van der Waals surface area contributed by atoms with Crippen LogP contribution in [-0.4, -0.2) is 5.11 Å². The van der Waals surface area contributed by atoms with Crippen molar-refractivity contribution in [1.29, 1.82) is 0 Å². The molecule has 0 aromatic heterocycles. The monoisotopic (exact) mass is 396 g/mol. The standard InChI is InChI=1S/C13H18BrIO/c1-3-4-9(2)7-13(16)11-8-10(14)5-6-12(11)15/h5-6,8-9,13,16H,3-4,7H2,1-2H3. The number of hydrogen-bond acceptors (Lipinski definition) is 1. The van der Waals surface area contributed by atoms with Gasteiger partial charge >= 0.3 is 0 Å². The molecule has 0 heterocycles. The minimum absolute atomic E-state index is 0.342. The third-order valence-corrected chi connectivity index (χ3v) is 4.20. The molecular formula is C13H18BrIO. The van der Waals surface area contributed by atoms with Crippen LogP contribution in [0.15, 0.2) is 22.7 Å². The Morgan fingerprint density at radius 1 is 1.44 bits per heavy atom. The van der Waals surface area contributed by atoms with Crippen molar-refractivity contribution in [3.8, 4) is 0 Å². The van der Waals surface area contributed by atoms with Crippen LogP contribution in [0.2, 0.25) is 0 Å². The second kappa shape index (κ2) is 6.97. The van der Waals surface area contributed by atoms with Crippen molar-refractivity contribution in [1.82, 2.24) is 0 Å². The summed E-state index contributed by atoms with van der Waals surface area (Å²) in [5, 5.41) is 10.2. The minimum atomic E-state index is -0.342. The van der Waals surface area contributed by atoms with E-state index in [2.05, 4.69) is 52.4 Å². The first-order chi connectivity index (χ1) is 7.54. The zero-order valence-electron chi connectivity index (χ0n) is 9.71. The molecule has 1 aromatic rings. The maximum atomic E-state index is 10.2. The number of benzene rings is 1. The van der Waals surface area contributed by atoms with E-state index in [0.29, 0.717) is 5.92 Å². The van der Waals surface area contributed by atoms with E-state index in [1.807, 2.05) is 18.2 Å². The van der Waals surface area contributed by atoms with Crippen molar-refractivity contribution >= 4 is 38.5 Å². The van der Waals surface area contributed by atoms with E-state index in [4.69, 9.17) is 0 Å². The lowest BCUT2D eigenvalue weighted by molar-refractivity contribution is 0.144. The molecular weight excluding hydrogens is 379 g/mol. The van der Waals surface area contributed by atoms with Crippen LogP contribution in [0.5, 0.6) is 0 Å². The van der Waals surface area contributed by atoms with Gasteiger partial charge < -0.3 is 5.11 Å². The van der Waals surface area contributed by atoms with E-state index in [1.54, 1.807) is 0 Å². The average Bonchev–Trinajstić information content (AvgIpc) is 2.21. The predicted molar refractivity (Wildman–Crippen MR) is 80.5 cm³/mol.